The number of carbonyl (C=O) groups is 1. The maximum absolute atomic E-state index is 15.4. The number of carbonyl (C=O) groups excluding carboxylic acids is 1. The van der Waals surface area contributed by atoms with Gasteiger partial charge in [-0.15, -0.1) is 0 Å². The number of benzene rings is 3. The molecule has 0 radical (unpaired) electrons. The first-order chi connectivity index (χ1) is 22.1. The molecule has 2 N–H and O–H groups in total. The van der Waals surface area contributed by atoms with Crippen LogP contribution in [0.4, 0.5) is 4.39 Å². The highest BCUT2D eigenvalue weighted by molar-refractivity contribution is 7.91. The predicted molar refractivity (Wildman–Crippen MR) is 171 cm³/mol. The van der Waals surface area contributed by atoms with E-state index in [1.165, 1.54) is 41.0 Å². The van der Waals surface area contributed by atoms with E-state index in [9.17, 15) is 28.4 Å². The summed E-state index contributed by atoms with van der Waals surface area (Å²) in [6.07, 6.45) is 3.87. The van der Waals surface area contributed by atoms with Crippen molar-refractivity contribution in [3.05, 3.63) is 105 Å². The number of unbranched alkanes of at least 4 members (excludes halogenated alkanes) is 1. The summed E-state index contributed by atoms with van der Waals surface area (Å²) in [6, 6.07) is 18.4. The standard InChI is InChI=1S/C35H35FN4O5S/c1-3-5-12-30-39-34(42)33(35(43)40(30)29(4-2)24-9-6-8-22(19-24)21-37)46(44,45)27-17-13-23(14-18-27)28-11-7-10-25(32(28)36)20-31(41)38-26-15-16-26/h6-11,13-14,17-19,26,29,42H,3-5,12,15-16,20H2,1-2H3,(H,38,41)/t29-/m0/s1. The maximum Gasteiger partial charge on any atom is 0.277 e. The third-order valence-corrected chi connectivity index (χ3v) is 9.89. The number of amides is 1. The molecular weight excluding hydrogens is 607 g/mol. The van der Waals surface area contributed by atoms with Crippen molar-refractivity contribution >= 4 is 15.7 Å². The van der Waals surface area contributed by atoms with Gasteiger partial charge in [0.25, 0.3) is 5.56 Å². The molecule has 4 aromatic rings. The summed E-state index contributed by atoms with van der Waals surface area (Å²) in [6.45, 7) is 3.81. The summed E-state index contributed by atoms with van der Waals surface area (Å²) in [5, 5.41) is 23.2. The van der Waals surface area contributed by atoms with Gasteiger partial charge >= 0.3 is 0 Å². The van der Waals surface area contributed by atoms with Gasteiger partial charge in [0, 0.05) is 18.0 Å². The van der Waals surface area contributed by atoms with Gasteiger partial charge in [-0.2, -0.15) is 10.2 Å². The molecule has 3 aromatic carbocycles. The van der Waals surface area contributed by atoms with Gasteiger partial charge < -0.3 is 10.4 Å². The molecule has 0 unspecified atom stereocenters. The lowest BCUT2D eigenvalue weighted by molar-refractivity contribution is -0.120. The zero-order valence-electron chi connectivity index (χ0n) is 25.7. The van der Waals surface area contributed by atoms with Gasteiger partial charge in [-0.1, -0.05) is 62.7 Å². The fraction of sp³-hybridized carbons (Fsp3) is 0.314. The van der Waals surface area contributed by atoms with Crippen molar-refractivity contribution in [2.75, 3.05) is 0 Å². The highest BCUT2D eigenvalue weighted by Gasteiger charge is 2.32. The molecule has 1 heterocycles. The molecule has 9 nitrogen and oxygen atoms in total. The van der Waals surface area contributed by atoms with Gasteiger partial charge in [-0.25, -0.2) is 12.8 Å². The highest BCUT2D eigenvalue weighted by Crippen LogP contribution is 2.31. The van der Waals surface area contributed by atoms with Crippen molar-refractivity contribution in [1.82, 2.24) is 14.9 Å². The number of nitrogens with zero attached hydrogens (tertiary/aromatic N) is 3. The van der Waals surface area contributed by atoms with Crippen LogP contribution in [0.25, 0.3) is 11.1 Å². The van der Waals surface area contributed by atoms with Crippen molar-refractivity contribution in [2.45, 2.75) is 80.7 Å². The first kappa shape index (κ1) is 32.6. The Hall–Kier alpha value is -4.82. The van der Waals surface area contributed by atoms with Crippen LogP contribution in [0.1, 0.15) is 74.5 Å². The Morgan fingerprint density at radius 1 is 1.13 bits per heavy atom. The Morgan fingerprint density at radius 2 is 1.85 bits per heavy atom. The number of hydrogen-bond donors (Lipinski definition) is 2. The molecule has 0 saturated heterocycles. The second kappa shape index (κ2) is 13.7. The van der Waals surface area contributed by atoms with Crippen LogP contribution in [-0.4, -0.2) is 35.0 Å². The summed E-state index contributed by atoms with van der Waals surface area (Å²) in [7, 11) is -4.58. The second-order valence-corrected chi connectivity index (χ2v) is 13.3. The highest BCUT2D eigenvalue weighted by atomic mass is 32.2. The molecule has 1 aliphatic rings. The minimum atomic E-state index is -4.58. The van der Waals surface area contributed by atoms with Gasteiger partial charge in [0.05, 0.1) is 29.0 Å². The molecule has 0 spiro atoms. The van der Waals surface area contributed by atoms with E-state index in [2.05, 4.69) is 16.4 Å². The minimum absolute atomic E-state index is 0.116. The van der Waals surface area contributed by atoms with E-state index in [1.54, 1.807) is 30.3 Å². The quantitative estimate of drug-likeness (QED) is 0.204. The summed E-state index contributed by atoms with van der Waals surface area (Å²) in [5.41, 5.74) is 0.897. The van der Waals surface area contributed by atoms with Gasteiger partial charge in [0.15, 0.2) is 4.90 Å². The normalized spacial score (nSPS) is 13.6. The lowest BCUT2D eigenvalue weighted by Crippen LogP contribution is -2.33. The van der Waals surface area contributed by atoms with Crippen molar-refractivity contribution in [2.24, 2.45) is 0 Å². The number of nitrogens with one attached hydrogen (secondary N) is 1. The number of aromatic hydroxyl groups is 1. The number of hydrogen-bond acceptors (Lipinski definition) is 7. The smallest absolute Gasteiger partial charge is 0.277 e. The van der Waals surface area contributed by atoms with Crippen molar-refractivity contribution in [3.8, 4) is 23.1 Å². The third kappa shape index (κ3) is 6.72. The Bertz CT molecular complexity index is 1980. The van der Waals surface area contributed by atoms with E-state index in [-0.39, 0.29) is 40.2 Å². The predicted octanol–water partition coefficient (Wildman–Crippen LogP) is 5.62. The van der Waals surface area contributed by atoms with Crippen LogP contribution >= 0.6 is 0 Å². The molecule has 1 fully saturated rings. The van der Waals surface area contributed by atoms with Gasteiger partial charge in [-0.05, 0) is 66.6 Å². The maximum atomic E-state index is 15.4. The Morgan fingerprint density at radius 3 is 2.50 bits per heavy atom. The van der Waals surface area contributed by atoms with E-state index in [0.717, 1.165) is 19.3 Å². The molecule has 238 valence electrons. The minimum Gasteiger partial charge on any atom is -0.492 e. The average molecular weight is 643 g/mol. The number of aryl methyl sites for hydroxylation is 1. The third-order valence-electron chi connectivity index (χ3n) is 8.10. The van der Waals surface area contributed by atoms with E-state index >= 15 is 4.39 Å². The number of halogens is 1. The molecule has 1 aromatic heterocycles. The molecule has 0 aliphatic heterocycles. The van der Waals surface area contributed by atoms with Gasteiger partial charge in [0.1, 0.15) is 11.6 Å². The first-order valence-electron chi connectivity index (χ1n) is 15.4. The van der Waals surface area contributed by atoms with Crippen LogP contribution in [0.15, 0.2) is 81.3 Å². The Kier molecular flexibility index (Phi) is 9.68. The van der Waals surface area contributed by atoms with E-state index in [4.69, 9.17) is 0 Å². The largest absolute Gasteiger partial charge is 0.492 e. The zero-order chi connectivity index (χ0) is 33.0. The van der Waals surface area contributed by atoms with Gasteiger partial charge in [-0.3, -0.25) is 14.2 Å². The Labute approximate surface area is 267 Å². The van der Waals surface area contributed by atoms with Gasteiger partial charge in [0.2, 0.25) is 21.6 Å². The van der Waals surface area contributed by atoms with E-state index < -0.39 is 38.0 Å². The summed E-state index contributed by atoms with van der Waals surface area (Å²) in [5.74, 6) is -1.49. The lowest BCUT2D eigenvalue weighted by Gasteiger charge is -2.23. The lowest BCUT2D eigenvalue weighted by atomic mass is 10.0. The van der Waals surface area contributed by atoms with Crippen LogP contribution in [0.2, 0.25) is 0 Å². The van der Waals surface area contributed by atoms with Crippen LogP contribution in [0, 0.1) is 17.1 Å². The fourth-order valence-corrected chi connectivity index (χ4v) is 6.89. The van der Waals surface area contributed by atoms with Crippen LogP contribution in [0.5, 0.6) is 5.88 Å². The molecule has 0 bridgehead atoms. The summed E-state index contributed by atoms with van der Waals surface area (Å²) >= 11 is 0. The molecule has 5 rings (SSSR count). The van der Waals surface area contributed by atoms with Crippen LogP contribution in [0.3, 0.4) is 0 Å². The second-order valence-electron chi connectivity index (χ2n) is 11.4. The monoisotopic (exact) mass is 642 g/mol. The van der Waals surface area contributed by atoms with Crippen LogP contribution in [-0.2, 0) is 27.5 Å². The zero-order valence-corrected chi connectivity index (χ0v) is 26.5. The molecular formula is C35H35FN4O5S. The summed E-state index contributed by atoms with van der Waals surface area (Å²) < 4.78 is 44.6. The van der Waals surface area contributed by atoms with E-state index in [0.29, 0.717) is 36.0 Å². The first-order valence-corrected chi connectivity index (χ1v) is 16.8. The van der Waals surface area contributed by atoms with Crippen molar-refractivity contribution < 1.29 is 22.7 Å². The molecule has 11 heteroatoms. The molecule has 1 saturated carbocycles. The number of aromatic nitrogens is 2. The fourth-order valence-electron chi connectivity index (χ4n) is 5.55. The number of nitriles is 1. The van der Waals surface area contributed by atoms with E-state index in [1.807, 2.05) is 13.8 Å². The number of rotatable bonds is 12. The summed E-state index contributed by atoms with van der Waals surface area (Å²) in [4.78, 5) is 29.4. The number of sulfone groups is 1. The molecule has 1 amide bonds. The van der Waals surface area contributed by atoms with Crippen molar-refractivity contribution in [3.63, 3.8) is 0 Å². The van der Waals surface area contributed by atoms with Crippen molar-refractivity contribution in [1.29, 1.82) is 5.26 Å². The molecule has 46 heavy (non-hydrogen) atoms. The Balaban J connectivity index is 1.53. The average Bonchev–Trinajstić information content (AvgIpc) is 3.86. The molecule has 1 atom stereocenters. The van der Waals surface area contributed by atoms with Crippen LogP contribution < -0.4 is 10.9 Å². The topological polar surface area (TPSA) is 142 Å². The SMILES string of the molecule is CCCCc1nc(O)c(S(=O)(=O)c2ccc(-c3cccc(CC(=O)NC4CC4)c3F)cc2)c(=O)n1[C@@H](CC)c1cccc(C#N)c1. The molecule has 1 aliphatic carbocycles.